The van der Waals surface area contributed by atoms with Crippen molar-refractivity contribution in [1.82, 2.24) is 0 Å². The molecule has 13 heavy (non-hydrogen) atoms. The molecule has 0 fully saturated rings. The monoisotopic (exact) mass is 315 g/mol. The minimum atomic E-state index is -2.85. The molecule has 0 aliphatic carbocycles. The number of hydrogen-bond donors (Lipinski definition) is 1. The number of rotatable bonds is 2. The van der Waals surface area contributed by atoms with Crippen LogP contribution in [0.2, 0.25) is 0 Å². The second kappa shape index (κ2) is 4.23. The maximum absolute atomic E-state index is 11.8. The molecule has 0 amide bonds. The second-order valence-electron chi connectivity index (χ2n) is 2.15. The van der Waals surface area contributed by atoms with E-state index in [9.17, 15) is 8.78 Å². The molecule has 0 unspecified atom stereocenters. The van der Waals surface area contributed by atoms with Crippen molar-refractivity contribution in [2.24, 2.45) is 0 Å². The number of benzene rings is 1. The van der Waals surface area contributed by atoms with E-state index >= 15 is 0 Å². The van der Waals surface area contributed by atoms with Gasteiger partial charge in [-0.25, -0.2) is 0 Å². The summed E-state index contributed by atoms with van der Waals surface area (Å²) in [7, 11) is 0. The zero-order valence-corrected chi connectivity index (χ0v) is 9.40. The second-order valence-corrected chi connectivity index (χ2v) is 3.80. The zero-order chi connectivity index (χ0) is 10.0. The van der Waals surface area contributed by atoms with Gasteiger partial charge in [0.25, 0.3) is 0 Å². The molecule has 72 valence electrons. The van der Waals surface area contributed by atoms with Crippen molar-refractivity contribution < 1.29 is 13.5 Å². The normalized spacial score (nSPS) is 10.5. The third-order valence-electron chi connectivity index (χ3n) is 1.31. The van der Waals surface area contributed by atoms with Gasteiger partial charge in [0, 0.05) is 4.47 Å². The molecule has 2 nitrogen and oxygen atoms in total. The van der Waals surface area contributed by atoms with E-state index in [1.807, 2.05) is 0 Å². The van der Waals surface area contributed by atoms with Crippen LogP contribution in [0.1, 0.15) is 0 Å². The SMILES string of the molecule is Nc1c(Br)ccc(OC(F)F)c1Br. The van der Waals surface area contributed by atoms with Crippen molar-refractivity contribution >= 4 is 37.5 Å². The van der Waals surface area contributed by atoms with Crippen LogP contribution in [0.3, 0.4) is 0 Å². The average Bonchev–Trinajstić information content (AvgIpc) is 2.06. The number of nitrogen functional groups attached to an aromatic ring is 1. The Morgan fingerprint density at radius 3 is 2.46 bits per heavy atom. The smallest absolute Gasteiger partial charge is 0.387 e. The summed E-state index contributed by atoms with van der Waals surface area (Å²) in [6.07, 6.45) is 0. The van der Waals surface area contributed by atoms with E-state index in [-0.39, 0.29) is 5.75 Å². The molecule has 1 aromatic carbocycles. The van der Waals surface area contributed by atoms with E-state index in [1.54, 1.807) is 0 Å². The summed E-state index contributed by atoms with van der Waals surface area (Å²) >= 11 is 6.19. The van der Waals surface area contributed by atoms with Gasteiger partial charge < -0.3 is 10.5 Å². The molecule has 0 aliphatic rings. The Labute approximate surface area is 90.3 Å². The first kappa shape index (κ1) is 10.7. The maximum Gasteiger partial charge on any atom is 0.387 e. The largest absolute Gasteiger partial charge is 0.434 e. The number of hydrogen-bond acceptors (Lipinski definition) is 2. The third-order valence-corrected chi connectivity index (χ3v) is 2.82. The van der Waals surface area contributed by atoms with Crippen LogP contribution >= 0.6 is 31.9 Å². The molecule has 0 saturated heterocycles. The summed E-state index contributed by atoms with van der Waals surface area (Å²) in [6, 6.07) is 2.94. The van der Waals surface area contributed by atoms with Gasteiger partial charge >= 0.3 is 6.61 Å². The lowest BCUT2D eigenvalue weighted by molar-refractivity contribution is -0.0503. The first-order valence-electron chi connectivity index (χ1n) is 3.20. The van der Waals surface area contributed by atoms with Crippen LogP contribution in [0, 0.1) is 0 Å². The van der Waals surface area contributed by atoms with Crippen LogP contribution in [0.15, 0.2) is 21.1 Å². The van der Waals surface area contributed by atoms with Gasteiger partial charge in [0.05, 0.1) is 10.2 Å². The lowest BCUT2D eigenvalue weighted by Crippen LogP contribution is -2.03. The highest BCUT2D eigenvalue weighted by molar-refractivity contribution is 9.11. The molecule has 0 spiro atoms. The van der Waals surface area contributed by atoms with Crippen LogP contribution < -0.4 is 10.5 Å². The highest BCUT2D eigenvalue weighted by Crippen LogP contribution is 2.36. The molecule has 0 atom stereocenters. The molecule has 0 aromatic heterocycles. The van der Waals surface area contributed by atoms with Gasteiger partial charge in [0.15, 0.2) is 0 Å². The van der Waals surface area contributed by atoms with E-state index in [0.29, 0.717) is 14.6 Å². The van der Waals surface area contributed by atoms with E-state index in [1.165, 1.54) is 12.1 Å². The summed E-state index contributed by atoms with van der Waals surface area (Å²) in [5.41, 5.74) is 5.87. The Hall–Kier alpha value is -0.360. The number of nitrogens with two attached hydrogens (primary N) is 1. The summed E-state index contributed by atoms with van der Waals surface area (Å²) in [4.78, 5) is 0. The standard InChI is InChI=1S/C7H5Br2F2NO/c8-3-1-2-4(13-7(10)11)5(9)6(3)12/h1-2,7H,12H2. The minimum Gasteiger partial charge on any atom is -0.434 e. The van der Waals surface area contributed by atoms with Crippen molar-refractivity contribution in [3.63, 3.8) is 0 Å². The summed E-state index contributed by atoms with van der Waals surface area (Å²) in [5, 5.41) is 0. The van der Waals surface area contributed by atoms with Crippen LogP contribution in [-0.4, -0.2) is 6.61 Å². The molecule has 0 bridgehead atoms. The number of alkyl halides is 2. The van der Waals surface area contributed by atoms with Gasteiger partial charge in [-0.3, -0.25) is 0 Å². The number of anilines is 1. The summed E-state index contributed by atoms with van der Waals surface area (Å²) in [6.45, 7) is -2.85. The van der Waals surface area contributed by atoms with Gasteiger partial charge in [-0.15, -0.1) is 0 Å². The molecular formula is C7H5Br2F2NO. The van der Waals surface area contributed by atoms with Crippen LogP contribution in [-0.2, 0) is 0 Å². The number of halogens is 4. The molecule has 6 heteroatoms. The molecule has 0 heterocycles. The van der Waals surface area contributed by atoms with E-state index in [2.05, 4.69) is 36.6 Å². The van der Waals surface area contributed by atoms with Crippen molar-refractivity contribution in [2.45, 2.75) is 6.61 Å². The highest BCUT2D eigenvalue weighted by atomic mass is 79.9. The van der Waals surface area contributed by atoms with Crippen LogP contribution in [0.5, 0.6) is 5.75 Å². The summed E-state index contributed by atoms with van der Waals surface area (Å²) in [5.74, 6) is 0.0238. The molecule has 0 aliphatic heterocycles. The van der Waals surface area contributed by atoms with Crippen molar-refractivity contribution in [2.75, 3.05) is 5.73 Å². The molecule has 1 rings (SSSR count). The Balaban J connectivity index is 3.04. The first-order chi connectivity index (χ1) is 6.02. The van der Waals surface area contributed by atoms with Crippen molar-refractivity contribution in [3.05, 3.63) is 21.1 Å². The summed E-state index contributed by atoms with van der Waals surface area (Å²) < 4.78 is 28.8. The topological polar surface area (TPSA) is 35.2 Å². The third kappa shape index (κ3) is 2.54. The average molecular weight is 317 g/mol. The molecule has 0 saturated carbocycles. The number of ether oxygens (including phenoxy) is 1. The van der Waals surface area contributed by atoms with E-state index in [0.717, 1.165) is 0 Å². The predicted molar refractivity (Wildman–Crippen MR) is 52.9 cm³/mol. The molecule has 1 aromatic rings. The van der Waals surface area contributed by atoms with Gasteiger partial charge in [-0.1, -0.05) is 0 Å². The van der Waals surface area contributed by atoms with Gasteiger partial charge in [0.1, 0.15) is 5.75 Å². The lowest BCUT2D eigenvalue weighted by atomic mass is 10.3. The zero-order valence-electron chi connectivity index (χ0n) is 6.23. The Bertz CT molecular complexity index is 320. The fraction of sp³-hybridized carbons (Fsp3) is 0.143. The van der Waals surface area contributed by atoms with Crippen LogP contribution in [0.4, 0.5) is 14.5 Å². The molecular weight excluding hydrogens is 312 g/mol. The van der Waals surface area contributed by atoms with E-state index in [4.69, 9.17) is 5.73 Å². The fourth-order valence-electron chi connectivity index (χ4n) is 0.736. The Morgan fingerprint density at radius 1 is 1.31 bits per heavy atom. The van der Waals surface area contributed by atoms with Crippen LogP contribution in [0.25, 0.3) is 0 Å². The fourth-order valence-corrected chi connectivity index (χ4v) is 1.77. The van der Waals surface area contributed by atoms with E-state index < -0.39 is 6.61 Å². The lowest BCUT2D eigenvalue weighted by Gasteiger charge is -2.09. The van der Waals surface area contributed by atoms with Crippen molar-refractivity contribution in [3.8, 4) is 5.75 Å². The molecule has 0 radical (unpaired) electrons. The Morgan fingerprint density at radius 2 is 1.92 bits per heavy atom. The Kier molecular flexibility index (Phi) is 3.49. The maximum atomic E-state index is 11.8. The quantitative estimate of drug-likeness (QED) is 0.849. The van der Waals surface area contributed by atoms with Gasteiger partial charge in [-0.05, 0) is 44.0 Å². The predicted octanol–water partition coefficient (Wildman–Crippen LogP) is 3.40. The van der Waals surface area contributed by atoms with Gasteiger partial charge in [0.2, 0.25) is 0 Å². The first-order valence-corrected chi connectivity index (χ1v) is 4.79. The van der Waals surface area contributed by atoms with Gasteiger partial charge in [-0.2, -0.15) is 8.78 Å². The van der Waals surface area contributed by atoms with Crippen molar-refractivity contribution in [1.29, 1.82) is 0 Å². The highest BCUT2D eigenvalue weighted by Gasteiger charge is 2.11. The minimum absolute atomic E-state index is 0.0238. The molecule has 2 N–H and O–H groups in total.